The number of anilines is 1. The number of hydrogen-bond donors (Lipinski definition) is 1. The van der Waals surface area contributed by atoms with Gasteiger partial charge in [0.15, 0.2) is 5.82 Å². The van der Waals surface area contributed by atoms with Crippen molar-refractivity contribution in [2.24, 2.45) is 7.05 Å². The van der Waals surface area contributed by atoms with Crippen molar-refractivity contribution in [3.05, 3.63) is 17.3 Å². The number of aromatic nitrogens is 3. The number of pyridine rings is 1. The van der Waals surface area contributed by atoms with Gasteiger partial charge in [0, 0.05) is 20.1 Å². The maximum atomic E-state index is 6.13. The van der Waals surface area contributed by atoms with Crippen molar-refractivity contribution in [3.63, 3.8) is 0 Å². The molecule has 0 radical (unpaired) electrons. The molecule has 122 valence electrons. The van der Waals surface area contributed by atoms with Gasteiger partial charge in [-0.2, -0.15) is 0 Å². The summed E-state index contributed by atoms with van der Waals surface area (Å²) >= 11 is 1.69. The topological polar surface area (TPSA) is 69.2 Å². The summed E-state index contributed by atoms with van der Waals surface area (Å²) in [5, 5.41) is 2.05. The highest BCUT2D eigenvalue weighted by Gasteiger charge is 2.24. The molecule has 0 saturated carbocycles. The summed E-state index contributed by atoms with van der Waals surface area (Å²) in [6.45, 7) is 6.89. The predicted molar refractivity (Wildman–Crippen MR) is 93.6 cm³/mol. The molecule has 2 N–H and O–H groups in total. The molecule has 1 aliphatic heterocycles. The first kappa shape index (κ1) is 14.9. The van der Waals surface area contributed by atoms with Gasteiger partial charge in [-0.05, 0) is 25.3 Å². The van der Waals surface area contributed by atoms with Crippen LogP contribution < -0.4 is 5.73 Å². The van der Waals surface area contributed by atoms with Gasteiger partial charge < -0.3 is 15.0 Å². The lowest BCUT2D eigenvalue weighted by Crippen LogP contribution is -2.45. The third-order valence-corrected chi connectivity index (χ3v) is 5.30. The van der Waals surface area contributed by atoms with Gasteiger partial charge in [0.2, 0.25) is 0 Å². The number of fused-ring (bicyclic) bond motifs is 3. The Labute approximate surface area is 138 Å². The third kappa shape index (κ3) is 2.49. The van der Waals surface area contributed by atoms with E-state index < -0.39 is 0 Å². The Morgan fingerprint density at radius 3 is 2.78 bits per heavy atom. The maximum Gasteiger partial charge on any atom is 0.152 e. The average Bonchev–Trinajstić information content (AvgIpc) is 3.04. The molecule has 4 heterocycles. The van der Waals surface area contributed by atoms with Crippen molar-refractivity contribution in [1.82, 2.24) is 19.4 Å². The van der Waals surface area contributed by atoms with E-state index in [1.54, 1.807) is 11.3 Å². The Morgan fingerprint density at radius 2 is 2.04 bits per heavy atom. The van der Waals surface area contributed by atoms with E-state index in [1.165, 1.54) is 0 Å². The molecule has 23 heavy (non-hydrogen) atoms. The third-order valence-electron chi connectivity index (χ3n) is 4.39. The summed E-state index contributed by atoms with van der Waals surface area (Å²) in [5.41, 5.74) is 8.97. The summed E-state index contributed by atoms with van der Waals surface area (Å²) in [6.07, 6.45) is 0.508. The zero-order valence-corrected chi connectivity index (χ0v) is 14.4. The van der Waals surface area contributed by atoms with Gasteiger partial charge in [0.25, 0.3) is 0 Å². The molecule has 1 fully saturated rings. The minimum Gasteiger partial charge on any atom is -0.382 e. The first-order valence-electron chi connectivity index (χ1n) is 7.88. The van der Waals surface area contributed by atoms with Gasteiger partial charge in [0.05, 0.1) is 34.5 Å². The van der Waals surface area contributed by atoms with Crippen LogP contribution in [-0.4, -0.2) is 44.7 Å². The molecule has 1 saturated heterocycles. The molecule has 3 aromatic rings. The zero-order chi connectivity index (χ0) is 16.1. The second kappa shape index (κ2) is 5.43. The number of nitrogens with zero attached hydrogens (tertiary/aromatic N) is 4. The fraction of sp³-hybridized carbons (Fsp3) is 0.500. The number of morpholine rings is 1. The lowest BCUT2D eigenvalue weighted by molar-refractivity contribution is -0.0712. The van der Waals surface area contributed by atoms with E-state index >= 15 is 0 Å². The van der Waals surface area contributed by atoms with Crippen LogP contribution in [0.15, 0.2) is 11.4 Å². The molecule has 2 unspecified atom stereocenters. The summed E-state index contributed by atoms with van der Waals surface area (Å²) in [7, 11) is 2.07. The molecule has 0 spiro atoms. The number of imidazole rings is 1. The van der Waals surface area contributed by atoms with Gasteiger partial charge in [-0.15, -0.1) is 11.3 Å². The van der Waals surface area contributed by atoms with E-state index in [0.29, 0.717) is 5.82 Å². The number of hydrogen-bond acceptors (Lipinski definition) is 6. The SMILES string of the molecule is CC1CN(Cc2nc3c(N)nc4ccsc4c3n2C)CC(C)O1. The molecule has 6 nitrogen and oxygen atoms in total. The van der Waals surface area contributed by atoms with Crippen LogP contribution in [0.3, 0.4) is 0 Å². The van der Waals surface area contributed by atoms with E-state index in [4.69, 9.17) is 15.5 Å². The largest absolute Gasteiger partial charge is 0.382 e. The fourth-order valence-electron chi connectivity index (χ4n) is 3.49. The number of ether oxygens (including phenoxy) is 1. The van der Waals surface area contributed by atoms with Gasteiger partial charge in [-0.3, -0.25) is 4.90 Å². The van der Waals surface area contributed by atoms with Crippen LogP contribution in [0.1, 0.15) is 19.7 Å². The molecule has 0 bridgehead atoms. The number of rotatable bonds is 2. The normalized spacial score (nSPS) is 23.1. The quantitative estimate of drug-likeness (QED) is 0.781. The Morgan fingerprint density at radius 1 is 1.30 bits per heavy atom. The van der Waals surface area contributed by atoms with Gasteiger partial charge in [-0.1, -0.05) is 0 Å². The summed E-state index contributed by atoms with van der Waals surface area (Å²) < 4.78 is 9.13. The van der Waals surface area contributed by atoms with Crippen LogP contribution in [-0.2, 0) is 18.3 Å². The van der Waals surface area contributed by atoms with Gasteiger partial charge in [-0.25, -0.2) is 9.97 Å². The van der Waals surface area contributed by atoms with Crippen LogP contribution in [0.25, 0.3) is 21.3 Å². The summed E-state index contributed by atoms with van der Waals surface area (Å²) in [4.78, 5) is 11.7. The van der Waals surface area contributed by atoms with Gasteiger partial charge in [0.1, 0.15) is 11.3 Å². The predicted octanol–water partition coefficient (Wildman–Crippen LogP) is 2.37. The summed E-state index contributed by atoms with van der Waals surface area (Å²) in [5.74, 6) is 1.53. The Hall–Kier alpha value is -1.70. The highest BCUT2D eigenvalue weighted by Crippen LogP contribution is 2.32. The Kier molecular flexibility index (Phi) is 3.51. The smallest absolute Gasteiger partial charge is 0.152 e. The lowest BCUT2D eigenvalue weighted by Gasteiger charge is -2.34. The van der Waals surface area contributed by atoms with Crippen molar-refractivity contribution in [1.29, 1.82) is 0 Å². The maximum absolute atomic E-state index is 6.13. The van der Waals surface area contributed by atoms with Crippen LogP contribution in [0.5, 0.6) is 0 Å². The Balaban J connectivity index is 1.76. The number of aryl methyl sites for hydroxylation is 1. The molecule has 1 aliphatic rings. The van der Waals surface area contributed by atoms with E-state index in [2.05, 4.69) is 40.7 Å². The van der Waals surface area contributed by atoms with Crippen LogP contribution in [0, 0.1) is 0 Å². The van der Waals surface area contributed by atoms with Crippen molar-refractivity contribution >= 4 is 38.4 Å². The zero-order valence-electron chi connectivity index (χ0n) is 13.6. The molecular formula is C16H21N5OS. The monoisotopic (exact) mass is 331 g/mol. The second-order valence-corrected chi connectivity index (χ2v) is 7.28. The van der Waals surface area contributed by atoms with Crippen molar-refractivity contribution in [2.75, 3.05) is 18.8 Å². The number of nitrogen functional groups attached to an aromatic ring is 1. The number of thiophene rings is 1. The standard InChI is InChI=1S/C16H21N5OS/c1-9-6-21(7-10(2)22-9)8-12-19-13-14(20(12)3)15-11(4-5-23-15)18-16(13)17/h4-5,9-10H,6-8H2,1-3H3,(H2,17,18). The van der Waals surface area contributed by atoms with Crippen molar-refractivity contribution in [2.45, 2.75) is 32.6 Å². The van der Waals surface area contributed by atoms with E-state index in [1.807, 2.05) is 6.07 Å². The molecule has 0 amide bonds. The second-order valence-electron chi connectivity index (χ2n) is 6.37. The average molecular weight is 331 g/mol. The molecule has 2 atom stereocenters. The van der Waals surface area contributed by atoms with E-state index in [-0.39, 0.29) is 12.2 Å². The first-order valence-corrected chi connectivity index (χ1v) is 8.76. The minimum absolute atomic E-state index is 0.254. The molecule has 7 heteroatoms. The highest BCUT2D eigenvalue weighted by molar-refractivity contribution is 7.18. The van der Waals surface area contributed by atoms with Gasteiger partial charge >= 0.3 is 0 Å². The Bertz CT molecular complexity index is 860. The van der Waals surface area contributed by atoms with Crippen LogP contribution in [0.2, 0.25) is 0 Å². The van der Waals surface area contributed by atoms with Crippen molar-refractivity contribution < 1.29 is 4.74 Å². The highest BCUT2D eigenvalue weighted by atomic mass is 32.1. The lowest BCUT2D eigenvalue weighted by atomic mass is 10.2. The molecule has 0 aliphatic carbocycles. The number of nitrogens with two attached hydrogens (primary N) is 1. The van der Waals surface area contributed by atoms with E-state index in [0.717, 1.165) is 46.7 Å². The fourth-order valence-corrected chi connectivity index (χ4v) is 4.40. The molecule has 3 aromatic heterocycles. The molecule has 4 rings (SSSR count). The van der Waals surface area contributed by atoms with Crippen molar-refractivity contribution in [3.8, 4) is 0 Å². The molecule has 0 aromatic carbocycles. The van der Waals surface area contributed by atoms with Crippen LogP contribution in [0.4, 0.5) is 5.82 Å². The summed E-state index contributed by atoms with van der Waals surface area (Å²) in [6, 6.07) is 2.01. The van der Waals surface area contributed by atoms with E-state index in [9.17, 15) is 0 Å². The first-order chi connectivity index (χ1) is 11.0. The molecular weight excluding hydrogens is 310 g/mol. The van der Waals surface area contributed by atoms with Crippen LogP contribution >= 0.6 is 11.3 Å². The minimum atomic E-state index is 0.254.